The second-order valence-corrected chi connectivity index (χ2v) is 6.45. The van der Waals surface area contributed by atoms with Crippen LogP contribution in [0.4, 0.5) is 0 Å². The first-order chi connectivity index (χ1) is 8.77. The second-order valence-electron chi connectivity index (χ2n) is 4.49. The van der Waals surface area contributed by atoms with Gasteiger partial charge in [0.25, 0.3) is 0 Å². The maximum Gasteiger partial charge on any atom is 0.124 e. The molecule has 18 heavy (non-hydrogen) atoms. The van der Waals surface area contributed by atoms with Gasteiger partial charge >= 0.3 is 0 Å². The highest BCUT2D eigenvalue weighted by Crippen LogP contribution is 2.40. The van der Waals surface area contributed by atoms with Gasteiger partial charge in [0.05, 0.1) is 7.11 Å². The molecule has 100 valence electrons. The van der Waals surface area contributed by atoms with Crippen molar-refractivity contribution in [2.45, 2.75) is 31.6 Å². The van der Waals surface area contributed by atoms with Gasteiger partial charge in [0, 0.05) is 21.8 Å². The van der Waals surface area contributed by atoms with E-state index in [0.717, 1.165) is 24.5 Å². The van der Waals surface area contributed by atoms with Gasteiger partial charge in [0.2, 0.25) is 0 Å². The van der Waals surface area contributed by atoms with Crippen molar-refractivity contribution in [3.63, 3.8) is 0 Å². The molecule has 2 rings (SSSR count). The van der Waals surface area contributed by atoms with Gasteiger partial charge < -0.3 is 10.1 Å². The number of fused-ring (bicyclic) bond motifs is 1. The summed E-state index contributed by atoms with van der Waals surface area (Å²) in [4.78, 5) is 0. The van der Waals surface area contributed by atoms with Gasteiger partial charge in [-0.3, -0.25) is 0 Å². The monoisotopic (exact) mass is 329 g/mol. The SMILES string of the molecule is CCCNC1CCSCc2c(Br)ccc(OC)c21. The van der Waals surface area contributed by atoms with E-state index in [1.54, 1.807) is 7.11 Å². The average molecular weight is 330 g/mol. The third kappa shape index (κ3) is 3.03. The van der Waals surface area contributed by atoms with Crippen LogP contribution in [0.3, 0.4) is 0 Å². The number of methoxy groups -OCH3 is 1. The largest absolute Gasteiger partial charge is 0.496 e. The van der Waals surface area contributed by atoms with Gasteiger partial charge in [-0.25, -0.2) is 0 Å². The molecule has 1 heterocycles. The van der Waals surface area contributed by atoms with Crippen LogP contribution in [0.1, 0.15) is 36.9 Å². The number of ether oxygens (including phenoxy) is 1. The molecular formula is C14H20BrNOS. The zero-order valence-corrected chi connectivity index (χ0v) is 13.4. The van der Waals surface area contributed by atoms with Gasteiger partial charge in [0.1, 0.15) is 5.75 Å². The molecule has 1 aliphatic rings. The van der Waals surface area contributed by atoms with Crippen molar-refractivity contribution in [3.8, 4) is 5.75 Å². The van der Waals surface area contributed by atoms with Crippen LogP contribution in [-0.2, 0) is 5.75 Å². The number of hydrogen-bond acceptors (Lipinski definition) is 3. The lowest BCUT2D eigenvalue weighted by atomic mass is 9.98. The molecule has 0 radical (unpaired) electrons. The van der Waals surface area contributed by atoms with Gasteiger partial charge in [0.15, 0.2) is 0 Å². The van der Waals surface area contributed by atoms with E-state index >= 15 is 0 Å². The Labute approximate surface area is 122 Å². The summed E-state index contributed by atoms with van der Waals surface area (Å²) >= 11 is 5.68. The Balaban J connectivity index is 2.40. The number of halogens is 1. The Morgan fingerprint density at radius 1 is 1.50 bits per heavy atom. The first-order valence-corrected chi connectivity index (χ1v) is 8.39. The molecule has 4 heteroatoms. The predicted octanol–water partition coefficient (Wildman–Crippen LogP) is 4.14. The van der Waals surface area contributed by atoms with E-state index in [1.165, 1.54) is 27.8 Å². The minimum absolute atomic E-state index is 0.419. The fraction of sp³-hybridized carbons (Fsp3) is 0.571. The van der Waals surface area contributed by atoms with E-state index in [9.17, 15) is 0 Å². The third-order valence-corrected chi connectivity index (χ3v) is 5.03. The number of thioether (sulfide) groups is 1. The summed E-state index contributed by atoms with van der Waals surface area (Å²) in [6, 6.07) is 4.59. The molecule has 1 atom stereocenters. The highest BCUT2D eigenvalue weighted by Gasteiger charge is 2.23. The molecule has 0 spiro atoms. The van der Waals surface area contributed by atoms with Crippen molar-refractivity contribution in [2.24, 2.45) is 0 Å². The third-order valence-electron chi connectivity index (χ3n) is 3.27. The Morgan fingerprint density at radius 2 is 2.33 bits per heavy atom. The maximum absolute atomic E-state index is 5.56. The number of hydrogen-bond donors (Lipinski definition) is 1. The highest BCUT2D eigenvalue weighted by atomic mass is 79.9. The molecule has 1 N–H and O–H groups in total. The molecule has 1 aromatic rings. The van der Waals surface area contributed by atoms with Crippen LogP contribution in [0.5, 0.6) is 5.75 Å². The van der Waals surface area contributed by atoms with Gasteiger partial charge in [-0.1, -0.05) is 22.9 Å². The van der Waals surface area contributed by atoms with Crippen molar-refractivity contribution in [3.05, 3.63) is 27.7 Å². The fourth-order valence-electron chi connectivity index (χ4n) is 2.37. The van der Waals surface area contributed by atoms with Crippen molar-refractivity contribution >= 4 is 27.7 Å². The Kier molecular flexibility index (Phi) is 5.39. The van der Waals surface area contributed by atoms with Gasteiger partial charge in [-0.15, -0.1) is 0 Å². The van der Waals surface area contributed by atoms with E-state index in [-0.39, 0.29) is 0 Å². The number of nitrogens with one attached hydrogen (secondary N) is 1. The summed E-state index contributed by atoms with van der Waals surface area (Å²) in [6.07, 6.45) is 2.33. The molecule has 0 fully saturated rings. The topological polar surface area (TPSA) is 21.3 Å². The summed E-state index contributed by atoms with van der Waals surface area (Å²) in [6.45, 7) is 3.27. The normalized spacial score (nSPS) is 19.2. The molecular weight excluding hydrogens is 310 g/mol. The maximum atomic E-state index is 5.56. The smallest absolute Gasteiger partial charge is 0.124 e. The first-order valence-electron chi connectivity index (χ1n) is 6.44. The van der Waals surface area contributed by atoms with Gasteiger partial charge in [-0.05, 0) is 42.8 Å². The minimum atomic E-state index is 0.419. The zero-order valence-electron chi connectivity index (χ0n) is 11.0. The lowest BCUT2D eigenvalue weighted by Gasteiger charge is -2.22. The molecule has 0 amide bonds. The summed E-state index contributed by atoms with van der Waals surface area (Å²) < 4.78 is 6.77. The lowest BCUT2D eigenvalue weighted by Crippen LogP contribution is -2.23. The van der Waals surface area contributed by atoms with Crippen LogP contribution in [0.25, 0.3) is 0 Å². The molecule has 1 aliphatic heterocycles. The van der Waals surface area contributed by atoms with Crippen molar-refractivity contribution in [1.29, 1.82) is 0 Å². The summed E-state index contributed by atoms with van der Waals surface area (Å²) in [5.74, 6) is 3.28. The lowest BCUT2D eigenvalue weighted by molar-refractivity contribution is 0.396. The summed E-state index contributed by atoms with van der Waals surface area (Å²) in [5.41, 5.74) is 2.75. The summed E-state index contributed by atoms with van der Waals surface area (Å²) in [5, 5.41) is 3.66. The molecule has 0 saturated heterocycles. The van der Waals surface area contributed by atoms with Crippen molar-refractivity contribution in [2.75, 3.05) is 19.4 Å². The van der Waals surface area contributed by atoms with E-state index < -0.39 is 0 Å². The standard InChI is InChI=1S/C14H20BrNOS/c1-3-7-16-12-6-8-18-9-10-11(15)4-5-13(17-2)14(10)12/h4-5,12,16H,3,6-9H2,1-2H3. The van der Waals surface area contributed by atoms with Crippen LogP contribution in [0.2, 0.25) is 0 Å². The van der Waals surface area contributed by atoms with Crippen LogP contribution < -0.4 is 10.1 Å². The molecule has 0 saturated carbocycles. The molecule has 2 nitrogen and oxygen atoms in total. The molecule has 1 aromatic carbocycles. The van der Waals surface area contributed by atoms with Crippen molar-refractivity contribution in [1.82, 2.24) is 5.32 Å². The number of rotatable bonds is 4. The second kappa shape index (κ2) is 6.83. The fourth-order valence-corrected chi connectivity index (χ4v) is 4.10. The summed E-state index contributed by atoms with van der Waals surface area (Å²) in [7, 11) is 1.76. The first kappa shape index (κ1) is 14.2. The molecule has 1 unspecified atom stereocenters. The van der Waals surface area contributed by atoms with E-state index in [4.69, 9.17) is 4.74 Å². The number of benzene rings is 1. The van der Waals surface area contributed by atoms with Crippen LogP contribution in [-0.4, -0.2) is 19.4 Å². The van der Waals surface area contributed by atoms with Crippen molar-refractivity contribution < 1.29 is 4.74 Å². The quantitative estimate of drug-likeness (QED) is 0.897. The predicted molar refractivity (Wildman–Crippen MR) is 82.5 cm³/mol. The molecule has 0 bridgehead atoms. The molecule has 0 aliphatic carbocycles. The van der Waals surface area contributed by atoms with Crippen LogP contribution in [0.15, 0.2) is 16.6 Å². The highest BCUT2D eigenvalue weighted by molar-refractivity contribution is 9.10. The van der Waals surface area contributed by atoms with E-state index in [2.05, 4.69) is 40.3 Å². The van der Waals surface area contributed by atoms with Crippen LogP contribution in [0, 0.1) is 0 Å². The Hall–Kier alpha value is -0.190. The van der Waals surface area contributed by atoms with E-state index in [1.807, 2.05) is 11.8 Å². The van der Waals surface area contributed by atoms with Gasteiger partial charge in [-0.2, -0.15) is 11.8 Å². The van der Waals surface area contributed by atoms with Crippen LogP contribution >= 0.6 is 27.7 Å². The van der Waals surface area contributed by atoms with E-state index in [0.29, 0.717) is 6.04 Å². The Morgan fingerprint density at radius 3 is 3.06 bits per heavy atom. The average Bonchev–Trinajstić information content (AvgIpc) is 2.60. The Bertz CT molecular complexity index is 411. The minimum Gasteiger partial charge on any atom is -0.496 e. The molecule has 0 aromatic heterocycles. The zero-order chi connectivity index (χ0) is 13.0.